The molecule has 0 bridgehead atoms. The lowest BCUT2D eigenvalue weighted by molar-refractivity contribution is -0.143. The van der Waals surface area contributed by atoms with Gasteiger partial charge in [-0.2, -0.15) is 0 Å². The standard InChI is InChI=1S/C65H123NO5/c1-3-5-7-9-11-13-15-17-19-21-23-24-25-26-27-28-29-30-32-34-37-41-45-49-53-57-63(68)62(61-67)66-64(69)58-54-50-46-42-38-36-40-44-48-52-56-60-71-65(70)59-55-51-47-43-39-35-33-31-22-20-18-16-14-12-10-8-6-4-2/h14,16,20,22,40,44,62-63,67-68H,3-13,15,17-19,21,23-39,41-43,45-61H2,1-2H3,(H,66,69)/b16-14-,22-20-,44-40-. The Morgan fingerprint density at radius 3 is 1.10 bits per heavy atom. The maximum atomic E-state index is 12.5. The molecule has 0 heterocycles. The van der Waals surface area contributed by atoms with Gasteiger partial charge in [0.25, 0.3) is 0 Å². The zero-order valence-corrected chi connectivity index (χ0v) is 47.7. The molecule has 1 amide bonds. The van der Waals surface area contributed by atoms with Crippen molar-refractivity contribution < 1.29 is 24.5 Å². The van der Waals surface area contributed by atoms with Crippen molar-refractivity contribution in [1.82, 2.24) is 5.32 Å². The number of aliphatic hydroxyl groups is 2. The topological polar surface area (TPSA) is 95.9 Å². The molecule has 418 valence electrons. The van der Waals surface area contributed by atoms with Crippen LogP contribution in [0, 0.1) is 0 Å². The third kappa shape index (κ3) is 57.2. The Labute approximate surface area is 443 Å². The van der Waals surface area contributed by atoms with E-state index in [1.165, 1.54) is 218 Å². The summed E-state index contributed by atoms with van der Waals surface area (Å²) in [5.41, 5.74) is 0. The Hall–Kier alpha value is -1.92. The normalized spacial score (nSPS) is 12.8. The highest BCUT2D eigenvalue weighted by Gasteiger charge is 2.20. The van der Waals surface area contributed by atoms with Crippen molar-refractivity contribution in [2.45, 2.75) is 353 Å². The predicted molar refractivity (Wildman–Crippen MR) is 310 cm³/mol. The van der Waals surface area contributed by atoms with E-state index in [9.17, 15) is 19.8 Å². The Morgan fingerprint density at radius 1 is 0.394 bits per heavy atom. The first kappa shape index (κ1) is 69.1. The fourth-order valence-electron chi connectivity index (χ4n) is 9.78. The van der Waals surface area contributed by atoms with E-state index in [4.69, 9.17) is 4.74 Å². The number of carbonyl (C=O) groups is 2. The molecule has 0 aromatic rings. The molecule has 6 nitrogen and oxygen atoms in total. The van der Waals surface area contributed by atoms with E-state index in [2.05, 4.69) is 55.6 Å². The lowest BCUT2D eigenvalue weighted by Gasteiger charge is -2.22. The van der Waals surface area contributed by atoms with Crippen LogP contribution in [0.2, 0.25) is 0 Å². The molecule has 3 N–H and O–H groups in total. The average molecular weight is 999 g/mol. The summed E-state index contributed by atoms with van der Waals surface area (Å²) in [4.78, 5) is 24.6. The van der Waals surface area contributed by atoms with Crippen LogP contribution in [-0.4, -0.2) is 47.4 Å². The molecule has 0 aliphatic heterocycles. The molecule has 0 fully saturated rings. The van der Waals surface area contributed by atoms with E-state index in [0.29, 0.717) is 25.9 Å². The highest BCUT2D eigenvalue weighted by Crippen LogP contribution is 2.18. The molecular formula is C65H123NO5. The second kappa shape index (κ2) is 60.6. The summed E-state index contributed by atoms with van der Waals surface area (Å²) in [6, 6.07) is -0.565. The lowest BCUT2D eigenvalue weighted by Crippen LogP contribution is -2.45. The number of nitrogens with one attached hydrogen (secondary N) is 1. The number of ether oxygens (including phenoxy) is 1. The van der Waals surface area contributed by atoms with Crippen LogP contribution in [0.15, 0.2) is 36.5 Å². The van der Waals surface area contributed by atoms with E-state index in [0.717, 1.165) is 89.9 Å². The Bertz CT molecular complexity index is 1150. The van der Waals surface area contributed by atoms with Crippen LogP contribution in [0.3, 0.4) is 0 Å². The minimum absolute atomic E-state index is 0.0376. The van der Waals surface area contributed by atoms with Crippen LogP contribution in [0.4, 0.5) is 0 Å². The minimum Gasteiger partial charge on any atom is -0.466 e. The number of rotatable bonds is 59. The highest BCUT2D eigenvalue weighted by molar-refractivity contribution is 5.76. The first-order chi connectivity index (χ1) is 35.0. The van der Waals surface area contributed by atoms with Crippen molar-refractivity contribution in [1.29, 1.82) is 0 Å². The van der Waals surface area contributed by atoms with E-state index in [-0.39, 0.29) is 18.5 Å². The van der Waals surface area contributed by atoms with Crippen LogP contribution in [0.25, 0.3) is 0 Å². The van der Waals surface area contributed by atoms with Crippen molar-refractivity contribution in [2.24, 2.45) is 0 Å². The average Bonchev–Trinajstić information content (AvgIpc) is 3.37. The Balaban J connectivity index is 3.49. The molecular weight excluding hydrogens is 875 g/mol. The van der Waals surface area contributed by atoms with Crippen LogP contribution >= 0.6 is 0 Å². The molecule has 0 saturated heterocycles. The smallest absolute Gasteiger partial charge is 0.305 e. The van der Waals surface area contributed by atoms with Crippen molar-refractivity contribution in [2.75, 3.05) is 13.2 Å². The fourth-order valence-corrected chi connectivity index (χ4v) is 9.78. The zero-order chi connectivity index (χ0) is 51.4. The molecule has 2 atom stereocenters. The Kier molecular flexibility index (Phi) is 59.0. The number of hydrogen-bond acceptors (Lipinski definition) is 5. The van der Waals surface area contributed by atoms with Crippen LogP contribution < -0.4 is 5.32 Å². The largest absolute Gasteiger partial charge is 0.466 e. The molecule has 6 heteroatoms. The van der Waals surface area contributed by atoms with E-state index < -0.39 is 12.1 Å². The Morgan fingerprint density at radius 2 is 0.704 bits per heavy atom. The van der Waals surface area contributed by atoms with Gasteiger partial charge in [0, 0.05) is 12.8 Å². The van der Waals surface area contributed by atoms with Crippen molar-refractivity contribution in [3.63, 3.8) is 0 Å². The minimum atomic E-state index is -0.685. The first-order valence-corrected chi connectivity index (χ1v) is 31.7. The zero-order valence-electron chi connectivity index (χ0n) is 47.7. The van der Waals surface area contributed by atoms with E-state index in [1.54, 1.807) is 0 Å². The lowest BCUT2D eigenvalue weighted by atomic mass is 10.0. The van der Waals surface area contributed by atoms with Gasteiger partial charge in [-0.05, 0) is 83.5 Å². The maximum absolute atomic E-state index is 12.5. The highest BCUT2D eigenvalue weighted by atomic mass is 16.5. The quantitative estimate of drug-likeness (QED) is 0.0321. The number of carbonyl (C=O) groups excluding carboxylic acids is 2. The SMILES string of the molecule is CCCCCC/C=C\C/C=C\CCCCCCCCCC(=O)OCCCC/C=C\CCCCCCCC(=O)NC(CO)C(O)CCCCCCCCCCCCCCCCCCCCCCCCCCC. The number of hydrogen-bond donors (Lipinski definition) is 3. The van der Waals surface area contributed by atoms with Gasteiger partial charge in [-0.3, -0.25) is 9.59 Å². The van der Waals surface area contributed by atoms with Gasteiger partial charge in [0.2, 0.25) is 5.91 Å². The van der Waals surface area contributed by atoms with Gasteiger partial charge in [-0.1, -0.05) is 281 Å². The third-order valence-electron chi connectivity index (χ3n) is 14.7. The molecule has 0 aliphatic rings. The molecule has 0 aromatic heterocycles. The van der Waals surface area contributed by atoms with Crippen molar-refractivity contribution in [3.8, 4) is 0 Å². The fraction of sp³-hybridized carbons (Fsp3) is 0.877. The molecule has 71 heavy (non-hydrogen) atoms. The second-order valence-corrected chi connectivity index (χ2v) is 21.7. The summed E-state index contributed by atoms with van der Waals surface area (Å²) in [5.74, 6) is -0.0991. The summed E-state index contributed by atoms with van der Waals surface area (Å²) in [5, 5.41) is 23.4. The van der Waals surface area contributed by atoms with Crippen molar-refractivity contribution >= 4 is 11.9 Å². The van der Waals surface area contributed by atoms with Gasteiger partial charge in [0.15, 0.2) is 0 Å². The van der Waals surface area contributed by atoms with Gasteiger partial charge in [-0.15, -0.1) is 0 Å². The summed E-state index contributed by atoms with van der Waals surface area (Å²) in [7, 11) is 0. The molecule has 0 radical (unpaired) electrons. The molecule has 0 rings (SSSR count). The molecule has 0 aromatic carbocycles. The predicted octanol–water partition coefficient (Wildman–Crippen LogP) is 20.0. The first-order valence-electron chi connectivity index (χ1n) is 31.7. The monoisotopic (exact) mass is 998 g/mol. The maximum Gasteiger partial charge on any atom is 0.305 e. The van der Waals surface area contributed by atoms with Crippen LogP contribution in [0.1, 0.15) is 341 Å². The number of unbranched alkanes of at least 4 members (excludes halogenated alkanes) is 42. The van der Waals surface area contributed by atoms with E-state index >= 15 is 0 Å². The van der Waals surface area contributed by atoms with Gasteiger partial charge < -0.3 is 20.3 Å². The third-order valence-corrected chi connectivity index (χ3v) is 14.7. The van der Waals surface area contributed by atoms with Gasteiger partial charge >= 0.3 is 5.97 Å². The van der Waals surface area contributed by atoms with E-state index in [1.807, 2.05) is 0 Å². The number of aliphatic hydroxyl groups excluding tert-OH is 2. The summed E-state index contributed by atoms with van der Waals surface area (Å²) < 4.78 is 5.46. The number of amides is 1. The second-order valence-electron chi connectivity index (χ2n) is 21.7. The van der Waals surface area contributed by atoms with Gasteiger partial charge in [-0.25, -0.2) is 0 Å². The van der Waals surface area contributed by atoms with Crippen molar-refractivity contribution in [3.05, 3.63) is 36.5 Å². The summed E-state index contributed by atoms with van der Waals surface area (Å²) >= 11 is 0. The molecule has 0 spiro atoms. The van der Waals surface area contributed by atoms with Gasteiger partial charge in [0.1, 0.15) is 0 Å². The van der Waals surface area contributed by atoms with Gasteiger partial charge in [0.05, 0.1) is 25.4 Å². The molecule has 0 saturated carbocycles. The van der Waals surface area contributed by atoms with Crippen LogP contribution in [-0.2, 0) is 14.3 Å². The number of esters is 1. The van der Waals surface area contributed by atoms with Crippen LogP contribution in [0.5, 0.6) is 0 Å². The summed E-state index contributed by atoms with van der Waals surface area (Å²) in [6.45, 7) is 4.88. The summed E-state index contributed by atoms with van der Waals surface area (Å²) in [6.07, 6.45) is 75.9. The number of allylic oxidation sites excluding steroid dienone is 6. The molecule has 2 unspecified atom stereocenters. The molecule has 0 aliphatic carbocycles.